The van der Waals surface area contributed by atoms with Gasteiger partial charge in [0.2, 0.25) is 0 Å². The van der Waals surface area contributed by atoms with Crippen molar-refractivity contribution in [1.82, 2.24) is 33.7 Å². The summed E-state index contributed by atoms with van der Waals surface area (Å²) >= 11 is 0. The average molecular weight is 362 g/mol. The molecule has 4 heterocycles. The Kier molecular flexibility index (Phi) is 3.51. The number of hydrogen-bond acceptors (Lipinski definition) is 7. The number of nitrogens with zero attached hydrogens (tertiary/aromatic N) is 8. The van der Waals surface area contributed by atoms with Crippen LogP contribution in [0.4, 0.5) is 5.82 Å². The van der Waals surface area contributed by atoms with Crippen LogP contribution in [0, 0.1) is 6.92 Å². The summed E-state index contributed by atoms with van der Waals surface area (Å²) in [7, 11) is -0.255. The van der Waals surface area contributed by atoms with Crippen molar-refractivity contribution in [2.24, 2.45) is 7.05 Å². The average Bonchev–Trinajstić information content (AvgIpc) is 3.13. The first-order valence-electron chi connectivity index (χ1n) is 7.76. The van der Waals surface area contributed by atoms with Crippen LogP contribution in [0.25, 0.3) is 5.65 Å². The summed E-state index contributed by atoms with van der Waals surface area (Å²) in [6.45, 7) is 2.98. The zero-order chi connectivity index (χ0) is 17.8. The minimum atomic E-state index is -3.59. The van der Waals surface area contributed by atoms with E-state index in [1.165, 1.54) is 16.8 Å². The summed E-state index contributed by atoms with van der Waals surface area (Å²) in [5, 5.41) is 12.6. The van der Waals surface area contributed by atoms with Crippen LogP contribution in [-0.4, -0.2) is 68.3 Å². The van der Waals surface area contributed by atoms with Gasteiger partial charge in [-0.25, -0.2) is 13.4 Å². The van der Waals surface area contributed by atoms with E-state index in [0.717, 1.165) is 5.82 Å². The Morgan fingerprint density at radius 1 is 1.24 bits per heavy atom. The largest absolute Gasteiger partial charge is 0.352 e. The van der Waals surface area contributed by atoms with E-state index in [-0.39, 0.29) is 11.1 Å². The lowest BCUT2D eigenvalue weighted by Gasteiger charge is -2.43. The Hall–Kier alpha value is -2.53. The molecule has 10 nitrogen and oxygen atoms in total. The molecular weight excluding hydrogens is 344 g/mol. The number of anilines is 1. The number of likely N-dealkylation sites (N-methyl/N-ethyl adjacent to an activating group) is 1. The van der Waals surface area contributed by atoms with Gasteiger partial charge in [-0.2, -0.15) is 8.82 Å². The quantitative estimate of drug-likeness (QED) is 0.626. The van der Waals surface area contributed by atoms with Crippen LogP contribution in [0.15, 0.2) is 29.7 Å². The Morgan fingerprint density at radius 3 is 2.68 bits per heavy atom. The fourth-order valence-corrected chi connectivity index (χ4v) is 4.09. The van der Waals surface area contributed by atoms with Crippen molar-refractivity contribution in [2.75, 3.05) is 25.0 Å². The number of aromatic nitrogens is 6. The standard InChI is InChI=1S/C14H18N8O2S/c1-10-16-17-12-4-5-13(18-22(10)12)21-6-11(7-21)20(3)25(23,24)14-8-19(2)9-15-14/h4-5,8-9,11H,6-7H2,1-3H3. The molecule has 1 fully saturated rings. The van der Waals surface area contributed by atoms with Crippen molar-refractivity contribution >= 4 is 21.5 Å². The van der Waals surface area contributed by atoms with Gasteiger partial charge in [-0.1, -0.05) is 0 Å². The second kappa shape index (κ2) is 5.49. The molecule has 0 saturated carbocycles. The van der Waals surface area contributed by atoms with Gasteiger partial charge < -0.3 is 9.47 Å². The lowest BCUT2D eigenvalue weighted by atomic mass is 10.1. The topological polar surface area (TPSA) is 102 Å². The molecule has 0 amide bonds. The molecule has 0 aliphatic carbocycles. The van der Waals surface area contributed by atoms with Crippen molar-refractivity contribution in [3.63, 3.8) is 0 Å². The van der Waals surface area contributed by atoms with Crippen molar-refractivity contribution in [3.8, 4) is 0 Å². The molecule has 3 aromatic rings. The van der Waals surface area contributed by atoms with E-state index < -0.39 is 10.0 Å². The van der Waals surface area contributed by atoms with E-state index in [9.17, 15) is 8.42 Å². The van der Waals surface area contributed by atoms with Crippen molar-refractivity contribution < 1.29 is 8.42 Å². The van der Waals surface area contributed by atoms with Crippen LogP contribution in [0.1, 0.15) is 5.82 Å². The van der Waals surface area contributed by atoms with Gasteiger partial charge in [0.15, 0.2) is 16.5 Å². The highest BCUT2D eigenvalue weighted by Gasteiger charge is 2.38. The van der Waals surface area contributed by atoms with E-state index in [1.807, 2.05) is 24.0 Å². The van der Waals surface area contributed by atoms with Crippen molar-refractivity contribution in [3.05, 3.63) is 30.5 Å². The zero-order valence-electron chi connectivity index (χ0n) is 14.1. The number of fused-ring (bicyclic) bond motifs is 1. The molecule has 11 heteroatoms. The highest BCUT2D eigenvalue weighted by molar-refractivity contribution is 7.89. The smallest absolute Gasteiger partial charge is 0.262 e. The summed E-state index contributed by atoms with van der Waals surface area (Å²) in [4.78, 5) is 5.98. The number of hydrogen-bond donors (Lipinski definition) is 0. The maximum absolute atomic E-state index is 12.6. The maximum Gasteiger partial charge on any atom is 0.262 e. The van der Waals surface area contributed by atoms with Gasteiger partial charge in [0, 0.05) is 33.4 Å². The van der Waals surface area contributed by atoms with E-state index in [4.69, 9.17) is 0 Å². The van der Waals surface area contributed by atoms with Crippen LogP contribution in [0.2, 0.25) is 0 Å². The van der Waals surface area contributed by atoms with Gasteiger partial charge in [0.25, 0.3) is 10.0 Å². The van der Waals surface area contributed by atoms with E-state index >= 15 is 0 Å². The molecule has 0 aromatic carbocycles. The van der Waals surface area contributed by atoms with E-state index in [2.05, 4.69) is 20.3 Å². The van der Waals surface area contributed by atoms with Crippen LogP contribution in [0.5, 0.6) is 0 Å². The maximum atomic E-state index is 12.6. The second-order valence-corrected chi connectivity index (χ2v) is 8.11. The molecule has 0 spiro atoms. The van der Waals surface area contributed by atoms with Gasteiger partial charge in [-0.05, 0) is 19.1 Å². The summed E-state index contributed by atoms with van der Waals surface area (Å²) in [6.07, 6.45) is 2.99. The normalized spacial score (nSPS) is 15.9. The highest BCUT2D eigenvalue weighted by Crippen LogP contribution is 2.25. The SMILES string of the molecule is Cc1nnc2ccc(N3CC(N(C)S(=O)(=O)c4cn(C)cn4)C3)nn12. The fraction of sp³-hybridized carbons (Fsp3) is 0.429. The predicted octanol–water partition coefficient (Wildman–Crippen LogP) is -0.324. The molecule has 1 aliphatic rings. The molecule has 0 bridgehead atoms. The Morgan fingerprint density at radius 2 is 2.00 bits per heavy atom. The molecule has 4 rings (SSSR count). The Labute approximate surface area is 144 Å². The van der Waals surface area contributed by atoms with Gasteiger partial charge in [0.05, 0.1) is 12.4 Å². The molecule has 25 heavy (non-hydrogen) atoms. The van der Waals surface area contributed by atoms with Gasteiger partial charge in [-0.3, -0.25) is 0 Å². The van der Waals surface area contributed by atoms with Gasteiger partial charge >= 0.3 is 0 Å². The Balaban J connectivity index is 1.49. The fourth-order valence-electron chi connectivity index (χ4n) is 2.79. The Bertz CT molecular complexity index is 1030. The number of rotatable bonds is 4. The zero-order valence-corrected chi connectivity index (χ0v) is 14.9. The molecule has 132 valence electrons. The summed E-state index contributed by atoms with van der Waals surface area (Å²) < 4.78 is 29.9. The third-order valence-electron chi connectivity index (χ3n) is 4.43. The van der Waals surface area contributed by atoms with Crippen molar-refractivity contribution in [2.45, 2.75) is 18.0 Å². The summed E-state index contributed by atoms with van der Waals surface area (Å²) in [5.41, 5.74) is 0.688. The molecule has 1 saturated heterocycles. The van der Waals surface area contributed by atoms with Crippen molar-refractivity contribution in [1.29, 1.82) is 0 Å². The second-order valence-electron chi connectivity index (χ2n) is 6.17. The monoisotopic (exact) mass is 362 g/mol. The van der Waals surface area contributed by atoms with Crippen LogP contribution in [-0.2, 0) is 17.1 Å². The number of aryl methyl sites for hydroxylation is 2. The van der Waals surface area contributed by atoms with Crippen LogP contribution < -0.4 is 4.90 Å². The lowest BCUT2D eigenvalue weighted by molar-refractivity contribution is 0.308. The van der Waals surface area contributed by atoms with Crippen LogP contribution >= 0.6 is 0 Å². The molecule has 0 radical (unpaired) electrons. The minimum absolute atomic E-state index is 0.0654. The third-order valence-corrected chi connectivity index (χ3v) is 6.23. The van der Waals surface area contributed by atoms with E-state index in [1.54, 1.807) is 23.2 Å². The lowest BCUT2D eigenvalue weighted by Crippen LogP contribution is -2.60. The predicted molar refractivity (Wildman–Crippen MR) is 89.7 cm³/mol. The molecular formula is C14H18N8O2S. The first-order chi connectivity index (χ1) is 11.9. The summed E-state index contributed by atoms with van der Waals surface area (Å²) in [6, 6.07) is 3.60. The first-order valence-corrected chi connectivity index (χ1v) is 9.20. The molecule has 3 aromatic heterocycles. The van der Waals surface area contributed by atoms with Crippen LogP contribution in [0.3, 0.4) is 0 Å². The molecule has 0 atom stereocenters. The molecule has 0 unspecified atom stereocenters. The highest BCUT2D eigenvalue weighted by atomic mass is 32.2. The first kappa shape index (κ1) is 16.0. The third kappa shape index (κ3) is 2.55. The number of sulfonamides is 1. The molecule has 0 N–H and O–H groups in total. The minimum Gasteiger partial charge on any atom is -0.352 e. The van der Waals surface area contributed by atoms with Gasteiger partial charge in [-0.15, -0.1) is 15.3 Å². The molecule has 1 aliphatic heterocycles. The van der Waals surface area contributed by atoms with Gasteiger partial charge in [0.1, 0.15) is 5.82 Å². The summed E-state index contributed by atoms with van der Waals surface area (Å²) in [5.74, 6) is 1.49. The number of imidazole rings is 1. The van der Waals surface area contributed by atoms with E-state index in [0.29, 0.717) is 24.6 Å².